The summed E-state index contributed by atoms with van der Waals surface area (Å²) in [5.41, 5.74) is 7.35. The molecule has 0 fully saturated rings. The number of esters is 1. The maximum absolute atomic E-state index is 13.8. The molecule has 32 nitrogen and oxygen atoms in total. The van der Waals surface area contributed by atoms with Crippen LogP contribution < -0.4 is 19.5 Å². The number of carboxylic acids is 1. The number of hydrogen-bond donors (Lipinski definition) is 3. The van der Waals surface area contributed by atoms with E-state index in [0.717, 1.165) is 131 Å². The Balaban J connectivity index is 0.000000200. The molecule has 0 unspecified atom stereocenters. The largest absolute Gasteiger partial charge is 0.508 e. The van der Waals surface area contributed by atoms with Gasteiger partial charge in [0.05, 0.1) is 68.6 Å². The van der Waals surface area contributed by atoms with Crippen LogP contribution in [0.4, 0.5) is 14.4 Å². The van der Waals surface area contributed by atoms with Gasteiger partial charge in [0.25, 0.3) is 46.0 Å². The van der Waals surface area contributed by atoms with E-state index < -0.39 is 93.7 Å². The lowest BCUT2D eigenvalue weighted by Gasteiger charge is -2.24. The molecule has 0 bridgehead atoms. The van der Waals surface area contributed by atoms with Gasteiger partial charge in [-0.25, -0.2) is 73.5 Å². The number of ether oxygens (including phenoxy) is 7. The zero-order chi connectivity index (χ0) is 97.6. The van der Waals surface area contributed by atoms with E-state index >= 15 is 0 Å². The van der Waals surface area contributed by atoms with Crippen LogP contribution in [0.3, 0.4) is 0 Å². The van der Waals surface area contributed by atoms with Crippen molar-refractivity contribution in [3.8, 4) is 23.0 Å². The van der Waals surface area contributed by atoms with Gasteiger partial charge < -0.3 is 68.3 Å². The highest BCUT2D eigenvalue weighted by Crippen LogP contribution is 2.38. The number of phenols is 1. The van der Waals surface area contributed by atoms with Crippen LogP contribution in [0, 0.1) is 0 Å². The van der Waals surface area contributed by atoms with Gasteiger partial charge in [0.2, 0.25) is 0 Å². The minimum atomic E-state index is -4.03. The number of rotatable bonds is 30. The number of aromatic hydroxyl groups is 1. The number of amides is 4. The normalized spacial score (nSPS) is 14.3. The molecule has 4 aliphatic rings. The number of aliphatic carboxylic acids is 1. The molecule has 4 aliphatic carbocycles. The number of likely N-dealkylation sites (N-methyl/N-ethyl adjacent to an activating group) is 1. The van der Waals surface area contributed by atoms with Crippen molar-refractivity contribution >= 4 is 98.5 Å². The highest BCUT2D eigenvalue weighted by Gasteiger charge is 2.33. The monoisotopic (exact) mass is 1910 g/mol. The molecular weight excluding hydrogens is 1790 g/mol. The molecule has 0 aliphatic heterocycles. The molecule has 0 saturated carbocycles. The van der Waals surface area contributed by atoms with Crippen LogP contribution in [0.25, 0.3) is 22.3 Å². The molecule has 133 heavy (non-hydrogen) atoms. The first-order valence-electron chi connectivity index (χ1n) is 44.2. The molecule has 12 rings (SSSR count). The summed E-state index contributed by atoms with van der Waals surface area (Å²) in [5, 5.41) is 21.7. The smallest absolute Gasteiger partial charge is 0.410 e. The van der Waals surface area contributed by atoms with Crippen molar-refractivity contribution in [2.75, 3.05) is 68.7 Å². The summed E-state index contributed by atoms with van der Waals surface area (Å²) in [6, 6.07) is 31.1. The van der Waals surface area contributed by atoms with Gasteiger partial charge >= 0.3 is 30.2 Å². The number of benzene rings is 4. The van der Waals surface area contributed by atoms with Crippen LogP contribution in [0.15, 0.2) is 190 Å². The van der Waals surface area contributed by atoms with E-state index in [-0.39, 0.29) is 82.2 Å². The van der Waals surface area contributed by atoms with Gasteiger partial charge in [-0.2, -0.15) is 0 Å². The lowest BCUT2D eigenvalue weighted by Crippen LogP contribution is -2.33. The topological polar surface area (TPSA) is 389 Å². The second-order valence-electron chi connectivity index (χ2n) is 35.9. The Labute approximate surface area is 782 Å². The molecule has 0 spiro atoms. The van der Waals surface area contributed by atoms with E-state index in [1.54, 1.807) is 159 Å². The Hall–Kier alpha value is -11.9. The predicted octanol–water partition coefficient (Wildman–Crippen LogP) is 17.1. The van der Waals surface area contributed by atoms with E-state index in [0.29, 0.717) is 51.8 Å². The van der Waals surface area contributed by atoms with Crippen LogP contribution in [-0.4, -0.2) is 201 Å². The fourth-order valence-corrected chi connectivity index (χ4v) is 20.4. The number of nitrogens with one attached hydrogen (secondary N) is 1. The minimum Gasteiger partial charge on any atom is -0.508 e. The molecular formula is C97H127N9O23S4. The summed E-state index contributed by atoms with van der Waals surface area (Å²) in [7, 11) is -5.83. The number of carbonyl (C=O) groups is 6. The summed E-state index contributed by atoms with van der Waals surface area (Å²) in [5.74, 6) is -1.28. The Morgan fingerprint density at radius 1 is 0.398 bits per heavy atom. The Morgan fingerprint density at radius 3 is 0.970 bits per heavy atom. The molecule has 4 aromatic carbocycles. The number of carbonyl (C=O) groups excluding carboxylic acids is 5. The molecule has 722 valence electrons. The van der Waals surface area contributed by atoms with Gasteiger partial charge in [0.15, 0.2) is 19.8 Å². The van der Waals surface area contributed by atoms with E-state index in [9.17, 15) is 67.5 Å². The fraction of sp³-hybridized carbons (Fsp3) is 0.443. The van der Waals surface area contributed by atoms with Crippen LogP contribution >= 0.6 is 0 Å². The molecule has 4 amide bonds. The van der Waals surface area contributed by atoms with Gasteiger partial charge in [0, 0.05) is 90.8 Å². The maximum Gasteiger partial charge on any atom is 0.410 e. The number of carboxylic acid groups (broad SMARTS) is 1. The van der Waals surface area contributed by atoms with Gasteiger partial charge in [-0.05, 0) is 296 Å². The third-order valence-electron chi connectivity index (χ3n) is 21.0. The standard InChI is InChI=1S/C27H36N2O7S.C25H32N2O7S.C23H30N2O5S.C22H29N3O4S/c1-6-34-25(30)19-35-22-13-10-14-23(16-22)37(32,33)29-18-20(15-24(29)21-11-8-7-9-12-21)17-28(5)26(31)36-27(2,3)4;1-25(2,3)34-24(30)26(4)15-18-13-22(19-9-6-5-7-10-19)27(16-18)35(31,32)21-12-8-11-20(14-21)33-17-23(28)29;1-23(2,3)30-22(27)24(4)15-17-13-21(18-9-6-5-7-10-18)25(16-17)31(28,29)20-12-8-11-19(26)14-20;1-23-14-17-12-21(18-8-5-4-6-9-18)25(15-17)30(27,28)20-11-7-10-19(13-20)29-16-22(26)24(2)3/h10-11,13-16,18H,6-9,12,17,19H2,1-5H3;8-9,11-14,16H,5-7,10,15,17H2,1-4H3,(H,28,29);8-9,11-14,16,26H,5-7,10,15H2,1-4H3;7-8,10-13,15,23H,4-6,9,14,16H2,1-3H3. The predicted molar refractivity (Wildman–Crippen MR) is 507 cm³/mol. The quantitative estimate of drug-likeness (QED) is 0.0278. The second-order valence-corrected chi connectivity index (χ2v) is 43.1. The first-order chi connectivity index (χ1) is 62.6. The molecule has 4 heterocycles. The second kappa shape index (κ2) is 46.2. The summed E-state index contributed by atoms with van der Waals surface area (Å²) in [6.45, 7) is 18.1. The lowest BCUT2D eigenvalue weighted by atomic mass is 9.97. The van der Waals surface area contributed by atoms with E-state index in [2.05, 4.69) is 29.6 Å². The lowest BCUT2D eigenvalue weighted by molar-refractivity contribution is -0.145. The molecule has 8 aromatic rings. The van der Waals surface area contributed by atoms with Crippen molar-refractivity contribution in [1.29, 1.82) is 0 Å². The average Bonchev–Trinajstić information content (AvgIpc) is 1.66. The zero-order valence-corrected chi connectivity index (χ0v) is 82.1. The van der Waals surface area contributed by atoms with Crippen LogP contribution in [0.2, 0.25) is 0 Å². The number of nitrogens with zero attached hydrogens (tertiary/aromatic N) is 8. The van der Waals surface area contributed by atoms with Crippen molar-refractivity contribution in [1.82, 2.24) is 40.8 Å². The summed E-state index contributed by atoms with van der Waals surface area (Å²) in [4.78, 5) is 77.3. The summed E-state index contributed by atoms with van der Waals surface area (Å²) < 4.78 is 151. The Morgan fingerprint density at radius 2 is 0.692 bits per heavy atom. The Bertz CT molecular complexity index is 6070. The third-order valence-corrected chi connectivity index (χ3v) is 27.6. The van der Waals surface area contributed by atoms with E-state index in [1.165, 1.54) is 108 Å². The first-order valence-corrected chi connectivity index (χ1v) is 50.0. The summed E-state index contributed by atoms with van der Waals surface area (Å²) >= 11 is 0. The van der Waals surface area contributed by atoms with Gasteiger partial charge in [-0.15, -0.1) is 0 Å². The fourth-order valence-electron chi connectivity index (χ4n) is 14.6. The molecule has 0 atom stereocenters. The van der Waals surface area contributed by atoms with Gasteiger partial charge in [-0.1, -0.05) is 48.6 Å². The van der Waals surface area contributed by atoms with Crippen molar-refractivity contribution in [3.63, 3.8) is 0 Å². The molecule has 36 heteroatoms. The average molecular weight is 1920 g/mol. The highest BCUT2D eigenvalue weighted by molar-refractivity contribution is 7.91. The first kappa shape index (κ1) is 105. The van der Waals surface area contributed by atoms with Gasteiger partial charge in [-0.3, -0.25) is 4.79 Å². The molecule has 3 N–H and O–H groups in total. The SMILES string of the molecule is CCOC(=O)COc1cccc(S(=O)(=O)n2cc(CN(C)C(=O)OC(C)(C)C)cc2C2=CCCCC2)c1.CN(Cc1cc(C2=CCCCC2)n(S(=O)(=O)c2cccc(O)c2)c1)C(=O)OC(C)(C)C.CN(Cc1cc(C2=CCCCC2)n(S(=O)(=O)c2cccc(OCC(=O)O)c2)c1)C(=O)OC(C)(C)C.CNCc1cc(C2=CCCCC2)n(S(=O)(=O)c2cccc(OCC(=O)N(C)C)c2)c1. The van der Waals surface area contributed by atoms with Crippen LogP contribution in [-0.2, 0) is 99.6 Å². The van der Waals surface area contributed by atoms with Gasteiger partial charge in [0.1, 0.15) is 39.8 Å². The van der Waals surface area contributed by atoms with E-state index in [4.69, 9.17) is 38.3 Å². The minimum absolute atomic E-state index is 0.00723. The van der Waals surface area contributed by atoms with Crippen molar-refractivity contribution in [3.05, 3.63) is 215 Å². The molecule has 4 aromatic heterocycles. The third kappa shape index (κ3) is 30.1. The van der Waals surface area contributed by atoms with Crippen LogP contribution in [0.5, 0.6) is 23.0 Å². The number of phenolic OH excluding ortho intramolecular Hbond substituents is 1. The zero-order valence-electron chi connectivity index (χ0n) is 78.8. The number of allylic oxidation sites excluding steroid dienone is 8. The molecule has 0 saturated heterocycles. The van der Waals surface area contributed by atoms with E-state index in [1.807, 2.05) is 25.2 Å². The number of aromatic nitrogens is 4. The highest BCUT2D eigenvalue weighted by atomic mass is 32.2. The van der Waals surface area contributed by atoms with Crippen molar-refractivity contribution < 1.29 is 106 Å². The summed E-state index contributed by atoms with van der Waals surface area (Å²) in [6.07, 6.45) is 28.3. The van der Waals surface area contributed by atoms with Crippen molar-refractivity contribution in [2.24, 2.45) is 0 Å². The Kier molecular flexibility index (Phi) is 36.4. The molecule has 0 radical (unpaired) electrons. The maximum atomic E-state index is 13.8. The van der Waals surface area contributed by atoms with Crippen LogP contribution in [0.1, 0.15) is 217 Å². The number of hydrogen-bond acceptors (Lipinski definition) is 23. The van der Waals surface area contributed by atoms with Crippen molar-refractivity contribution in [2.45, 2.75) is 235 Å².